The summed E-state index contributed by atoms with van der Waals surface area (Å²) in [5.74, 6) is 0.547. The minimum absolute atomic E-state index is 0. The molecule has 0 spiro atoms. The average molecular weight is 761 g/mol. The normalized spacial score (nSPS) is 12.2. The third kappa shape index (κ3) is 5.25. The molecule has 0 aliphatic rings. The molecule has 0 saturated carbocycles. The number of carbonyl (C=O) groups excluding carboxylic acids is 1. The minimum Gasteiger partial charge on any atom is -0.512 e. The fourth-order valence-electron chi connectivity index (χ4n) is 6.56. The maximum absolute atomic E-state index is 11.7. The Morgan fingerprint density at radius 1 is 0.864 bits per heavy atom. The van der Waals surface area contributed by atoms with E-state index < -0.39 is 0 Å². The van der Waals surface area contributed by atoms with E-state index in [2.05, 4.69) is 78.1 Å². The number of aromatic nitrogens is 3. The summed E-state index contributed by atoms with van der Waals surface area (Å²) in [7, 11) is 0. The Morgan fingerprint density at radius 2 is 1.52 bits per heavy atom. The summed E-state index contributed by atoms with van der Waals surface area (Å²) in [5, 5.41) is 17.9. The third-order valence-electron chi connectivity index (χ3n) is 9.02. The van der Waals surface area contributed by atoms with Crippen molar-refractivity contribution >= 4 is 65.7 Å². The maximum Gasteiger partial charge on any atom is 0.162 e. The predicted molar refractivity (Wildman–Crippen MR) is 179 cm³/mol. The van der Waals surface area contributed by atoms with E-state index in [-0.39, 0.29) is 43.5 Å². The maximum atomic E-state index is 11.7. The van der Waals surface area contributed by atoms with Crippen LogP contribution in [0.4, 0.5) is 0 Å². The van der Waals surface area contributed by atoms with Crippen LogP contribution in [0.1, 0.15) is 59.1 Å². The summed E-state index contributed by atoms with van der Waals surface area (Å²) in [4.78, 5) is 21.5. The Morgan fingerprint density at radius 3 is 2.23 bits per heavy atom. The number of aryl methyl sites for hydroxylation is 1. The Kier molecular flexibility index (Phi) is 9.34. The van der Waals surface area contributed by atoms with Gasteiger partial charge in [-0.2, -0.15) is 0 Å². The minimum atomic E-state index is 0. The second kappa shape index (κ2) is 13.0. The average Bonchev–Trinajstić information content (AvgIpc) is 3.39. The number of aliphatic hydroxyl groups excluding tert-OH is 1. The van der Waals surface area contributed by atoms with Crippen LogP contribution in [-0.2, 0) is 24.9 Å². The van der Waals surface area contributed by atoms with Crippen LogP contribution in [0.3, 0.4) is 0 Å². The molecule has 1 radical (unpaired) electrons. The molecule has 6 heteroatoms. The van der Waals surface area contributed by atoms with Crippen LogP contribution in [0.15, 0.2) is 78.7 Å². The van der Waals surface area contributed by atoms with Gasteiger partial charge < -0.3 is 9.51 Å². The van der Waals surface area contributed by atoms with E-state index in [0.717, 1.165) is 69.7 Å². The molecule has 4 heterocycles. The fraction of sp³-hybridized carbons (Fsp3) is 0.289. The number of hydrogen-bond donors (Lipinski definition) is 1. The van der Waals surface area contributed by atoms with Crippen molar-refractivity contribution < 1.29 is 30.0 Å². The molecule has 4 aromatic heterocycles. The SMILES string of the molecule is CCC(CC)C(=O)/C=C(\O)C(CC)CC.Cc1nc2c3ccccc3c3ccnc4c5[c-]c6ccccc6cc5c1n2c34.[Ir]. The standard InChI is InChI=1S/C25H14N3.C13H24O2.Ir/c1-14-23-21-13-16-7-3-2-6-15(16)12-20(21)22-24-18(10-11-26-22)17-8-4-5-9-19(17)25(27-14)28(23)24;1-5-10(6-2)12(14)9-13(15)11(7-3)8-4;/h2-11,13H,1H3;9-11,14H,5-8H2,1-4H3;/q-1;;/b;12-9-;. The number of hydrogen-bond acceptors (Lipinski definition) is 4. The van der Waals surface area contributed by atoms with Gasteiger partial charge in [-0.3, -0.25) is 9.78 Å². The fourth-order valence-corrected chi connectivity index (χ4v) is 6.56. The van der Waals surface area contributed by atoms with Crippen molar-refractivity contribution in [2.75, 3.05) is 0 Å². The van der Waals surface area contributed by atoms with Crippen molar-refractivity contribution in [3.8, 4) is 0 Å². The number of imidazole rings is 1. The van der Waals surface area contributed by atoms with Crippen molar-refractivity contribution in [2.24, 2.45) is 11.8 Å². The number of benzene rings is 3. The zero-order valence-electron chi connectivity index (χ0n) is 25.9. The van der Waals surface area contributed by atoms with Crippen molar-refractivity contribution in [1.82, 2.24) is 14.4 Å². The van der Waals surface area contributed by atoms with Gasteiger partial charge in [0, 0.05) is 71.5 Å². The summed E-state index contributed by atoms with van der Waals surface area (Å²) in [5.41, 5.74) is 5.31. The smallest absolute Gasteiger partial charge is 0.162 e. The zero-order valence-corrected chi connectivity index (χ0v) is 28.3. The molecule has 227 valence electrons. The summed E-state index contributed by atoms with van der Waals surface area (Å²) < 4.78 is 2.31. The number of allylic oxidation sites excluding steroid dienone is 2. The molecule has 0 saturated heterocycles. The molecule has 1 N–H and O–H groups in total. The first kappa shape index (κ1) is 31.6. The van der Waals surface area contributed by atoms with Crippen molar-refractivity contribution in [3.63, 3.8) is 0 Å². The van der Waals surface area contributed by atoms with Gasteiger partial charge in [0.05, 0.1) is 11.5 Å². The molecular formula is C38H38IrN3O2-. The zero-order chi connectivity index (χ0) is 30.2. The Labute approximate surface area is 271 Å². The van der Waals surface area contributed by atoms with Gasteiger partial charge in [-0.05, 0) is 44.1 Å². The molecule has 0 fully saturated rings. The molecule has 0 aliphatic heterocycles. The third-order valence-corrected chi connectivity index (χ3v) is 9.02. The first-order valence-corrected chi connectivity index (χ1v) is 15.5. The molecule has 3 aromatic carbocycles. The molecule has 0 unspecified atom stereocenters. The van der Waals surface area contributed by atoms with Crippen LogP contribution in [0, 0.1) is 24.8 Å². The first-order valence-electron chi connectivity index (χ1n) is 15.5. The van der Waals surface area contributed by atoms with Gasteiger partial charge in [0.25, 0.3) is 0 Å². The molecule has 5 nitrogen and oxygen atoms in total. The quantitative estimate of drug-likeness (QED) is 0.0578. The molecule has 0 amide bonds. The number of carbonyl (C=O) groups is 1. The second-order valence-corrected chi connectivity index (χ2v) is 11.4. The van der Waals surface area contributed by atoms with Gasteiger partial charge in [-0.1, -0.05) is 86.3 Å². The number of rotatable bonds is 7. The Bertz CT molecular complexity index is 2140. The van der Waals surface area contributed by atoms with E-state index in [4.69, 9.17) is 9.97 Å². The molecule has 7 aromatic rings. The number of nitrogens with zero attached hydrogens (tertiary/aromatic N) is 3. The molecular weight excluding hydrogens is 723 g/mol. The Balaban J connectivity index is 0.000000209. The van der Waals surface area contributed by atoms with Crippen LogP contribution in [0.5, 0.6) is 0 Å². The largest absolute Gasteiger partial charge is 0.512 e. The number of aliphatic hydroxyl groups is 1. The van der Waals surface area contributed by atoms with Crippen LogP contribution in [0.2, 0.25) is 0 Å². The monoisotopic (exact) mass is 761 g/mol. The van der Waals surface area contributed by atoms with Gasteiger partial charge in [0.1, 0.15) is 5.65 Å². The van der Waals surface area contributed by atoms with E-state index in [0.29, 0.717) is 0 Å². The molecule has 7 rings (SSSR count). The van der Waals surface area contributed by atoms with Crippen LogP contribution < -0.4 is 0 Å². The number of ketones is 1. The predicted octanol–water partition coefficient (Wildman–Crippen LogP) is 9.91. The molecule has 0 aliphatic carbocycles. The van der Waals surface area contributed by atoms with E-state index >= 15 is 0 Å². The summed E-state index contributed by atoms with van der Waals surface area (Å²) in [6, 6.07) is 24.9. The van der Waals surface area contributed by atoms with Crippen molar-refractivity contribution in [2.45, 2.75) is 60.3 Å². The van der Waals surface area contributed by atoms with E-state index in [1.807, 2.05) is 33.9 Å². The van der Waals surface area contributed by atoms with Crippen LogP contribution >= 0.6 is 0 Å². The van der Waals surface area contributed by atoms with Crippen LogP contribution in [0.25, 0.3) is 59.9 Å². The second-order valence-electron chi connectivity index (χ2n) is 11.4. The van der Waals surface area contributed by atoms with E-state index in [1.54, 1.807) is 0 Å². The van der Waals surface area contributed by atoms with Crippen molar-refractivity contribution in [1.29, 1.82) is 0 Å². The van der Waals surface area contributed by atoms with Gasteiger partial charge in [0.2, 0.25) is 0 Å². The number of pyridine rings is 3. The number of fused-ring (bicyclic) bond motifs is 7. The van der Waals surface area contributed by atoms with Crippen molar-refractivity contribution in [3.05, 3.63) is 90.5 Å². The Hall–Kier alpha value is -3.86. The molecule has 0 atom stereocenters. The van der Waals surface area contributed by atoms with Gasteiger partial charge in [-0.25, -0.2) is 4.98 Å². The van der Waals surface area contributed by atoms with E-state index in [9.17, 15) is 9.90 Å². The molecule has 0 bridgehead atoms. The van der Waals surface area contributed by atoms with E-state index in [1.165, 1.54) is 27.6 Å². The summed E-state index contributed by atoms with van der Waals surface area (Å²) in [6.45, 7) is 10.2. The van der Waals surface area contributed by atoms with Gasteiger partial charge in [-0.15, -0.1) is 23.6 Å². The topological polar surface area (TPSA) is 67.5 Å². The molecule has 44 heavy (non-hydrogen) atoms. The summed E-state index contributed by atoms with van der Waals surface area (Å²) in [6.07, 6.45) is 6.82. The van der Waals surface area contributed by atoms with Gasteiger partial charge in [0.15, 0.2) is 5.78 Å². The summed E-state index contributed by atoms with van der Waals surface area (Å²) >= 11 is 0. The van der Waals surface area contributed by atoms with Gasteiger partial charge >= 0.3 is 0 Å². The first-order chi connectivity index (χ1) is 20.9. The van der Waals surface area contributed by atoms with Crippen LogP contribution in [-0.4, -0.2) is 25.3 Å².